The number of nitrogens with zero attached hydrogens (tertiary/aromatic N) is 1. The van der Waals surface area contributed by atoms with Gasteiger partial charge in [0.2, 0.25) is 5.01 Å². The highest BCUT2D eigenvalue weighted by Gasteiger charge is 2.65. The average molecular weight is 293 g/mol. The summed E-state index contributed by atoms with van der Waals surface area (Å²) in [4.78, 5) is 1.29. The second-order valence-electron chi connectivity index (χ2n) is 6.25. The van der Waals surface area contributed by atoms with E-state index in [1.54, 1.807) is 22.7 Å². The zero-order valence-corrected chi connectivity index (χ0v) is 13.1. The summed E-state index contributed by atoms with van der Waals surface area (Å²) in [6.45, 7) is 6.87. The minimum atomic E-state index is -1.57. The first-order valence-electron chi connectivity index (χ1n) is 6.49. The Labute approximate surface area is 120 Å². The summed E-state index contributed by atoms with van der Waals surface area (Å²) in [7, 11) is 0. The van der Waals surface area contributed by atoms with Crippen LogP contribution in [0.1, 0.15) is 27.7 Å². The monoisotopic (exact) mass is 293 g/mol. The van der Waals surface area contributed by atoms with Crippen LogP contribution in [0.25, 0.3) is 9.88 Å². The minimum absolute atomic E-state index is 0.317. The molecule has 0 radical (unpaired) electrons. The molecule has 100 valence electrons. The van der Waals surface area contributed by atoms with Crippen molar-refractivity contribution < 1.29 is 13.8 Å². The van der Waals surface area contributed by atoms with Crippen LogP contribution in [0.5, 0.6) is 0 Å². The standard InChI is InChI=1S/C13H16BNO2S2/c1-12(2)13(3,4)17-14(16-12)9-5-7-18-10(9)11-15(14)6-8-19-11/h5-8H,1-4H3. The number of thiophene rings is 1. The van der Waals surface area contributed by atoms with Crippen LogP contribution in [0.2, 0.25) is 0 Å². The lowest BCUT2D eigenvalue weighted by molar-refractivity contribution is -0.552. The predicted octanol–water partition coefficient (Wildman–Crippen LogP) is 2.38. The summed E-state index contributed by atoms with van der Waals surface area (Å²) in [6, 6.07) is 2.15. The Hall–Kier alpha value is -0.685. The second-order valence-corrected chi connectivity index (χ2v) is 8.06. The molecule has 0 N–H and O–H groups in total. The van der Waals surface area contributed by atoms with Crippen molar-refractivity contribution in [1.82, 2.24) is 0 Å². The molecule has 0 unspecified atom stereocenters. The predicted molar refractivity (Wildman–Crippen MR) is 78.9 cm³/mol. The van der Waals surface area contributed by atoms with E-state index in [1.165, 1.54) is 15.3 Å². The molecule has 0 saturated carbocycles. The van der Waals surface area contributed by atoms with Crippen LogP contribution in [0.15, 0.2) is 23.0 Å². The fraction of sp³-hybridized carbons (Fsp3) is 0.462. The van der Waals surface area contributed by atoms with Gasteiger partial charge in [0.15, 0.2) is 0 Å². The first kappa shape index (κ1) is 12.1. The van der Waals surface area contributed by atoms with Crippen molar-refractivity contribution in [3.8, 4) is 9.88 Å². The lowest BCUT2D eigenvalue weighted by Crippen LogP contribution is -2.70. The van der Waals surface area contributed by atoms with E-state index in [0.717, 1.165) is 0 Å². The summed E-state index contributed by atoms with van der Waals surface area (Å²) >= 11 is 3.52. The van der Waals surface area contributed by atoms with E-state index >= 15 is 0 Å². The maximum Gasteiger partial charge on any atom is 0.579 e. The maximum absolute atomic E-state index is 6.50. The van der Waals surface area contributed by atoms with Crippen LogP contribution < -0.4 is 9.94 Å². The van der Waals surface area contributed by atoms with Gasteiger partial charge in [-0.15, -0.1) is 11.3 Å². The summed E-state index contributed by atoms with van der Waals surface area (Å²) in [6.07, 6.45) is 2.09. The van der Waals surface area contributed by atoms with Crippen LogP contribution in [0.3, 0.4) is 0 Å². The third-order valence-electron chi connectivity index (χ3n) is 4.64. The third-order valence-corrected chi connectivity index (χ3v) is 6.61. The molecule has 0 amide bonds. The van der Waals surface area contributed by atoms with Crippen molar-refractivity contribution in [1.29, 1.82) is 0 Å². The molecule has 2 aromatic heterocycles. The van der Waals surface area contributed by atoms with Gasteiger partial charge in [-0.3, -0.25) is 0 Å². The molecule has 2 aliphatic heterocycles. The highest BCUT2D eigenvalue weighted by molar-refractivity contribution is 7.22. The van der Waals surface area contributed by atoms with Gasteiger partial charge in [-0.25, -0.2) is 0 Å². The zero-order chi connectivity index (χ0) is 13.5. The van der Waals surface area contributed by atoms with E-state index < -0.39 is 6.69 Å². The van der Waals surface area contributed by atoms with E-state index in [2.05, 4.69) is 55.2 Å². The molecule has 4 heterocycles. The third kappa shape index (κ3) is 1.28. The molecule has 1 saturated heterocycles. The van der Waals surface area contributed by atoms with E-state index in [-0.39, 0.29) is 11.2 Å². The first-order chi connectivity index (χ1) is 8.87. The number of thiazole rings is 1. The highest BCUT2D eigenvalue weighted by atomic mass is 32.1. The second kappa shape index (κ2) is 3.31. The normalized spacial score (nSPS) is 24.6. The lowest BCUT2D eigenvalue weighted by Gasteiger charge is -2.35. The SMILES string of the molecule is CC1(C)O[B-]2(OC1(C)C)c1ccsc1-c1scc[n+]12. The Morgan fingerprint density at radius 3 is 2.42 bits per heavy atom. The molecular weight excluding hydrogens is 277 g/mol. The smallest absolute Gasteiger partial charge is 0.495 e. The van der Waals surface area contributed by atoms with Crippen molar-refractivity contribution in [2.24, 2.45) is 0 Å². The van der Waals surface area contributed by atoms with Gasteiger partial charge in [-0.2, -0.15) is 0 Å². The largest absolute Gasteiger partial charge is 0.579 e. The quantitative estimate of drug-likeness (QED) is 0.696. The fourth-order valence-electron chi connectivity index (χ4n) is 3.00. The van der Waals surface area contributed by atoms with Crippen molar-refractivity contribution in [2.45, 2.75) is 38.9 Å². The Morgan fingerprint density at radius 1 is 1.05 bits per heavy atom. The molecule has 3 nitrogen and oxygen atoms in total. The molecule has 6 heteroatoms. The first-order valence-corrected chi connectivity index (χ1v) is 8.25. The van der Waals surface area contributed by atoms with Gasteiger partial charge in [-0.1, -0.05) is 17.4 Å². The van der Waals surface area contributed by atoms with Crippen molar-refractivity contribution in [2.75, 3.05) is 0 Å². The van der Waals surface area contributed by atoms with E-state index in [4.69, 9.17) is 9.31 Å². The number of rotatable bonds is 0. The van der Waals surface area contributed by atoms with Crippen LogP contribution in [0, 0.1) is 0 Å². The van der Waals surface area contributed by atoms with Gasteiger partial charge in [0.1, 0.15) is 6.20 Å². The van der Waals surface area contributed by atoms with E-state index in [1.807, 2.05) is 0 Å². The maximum atomic E-state index is 6.50. The lowest BCUT2D eigenvalue weighted by atomic mass is 9.66. The molecule has 0 aliphatic carbocycles. The highest BCUT2D eigenvalue weighted by Crippen LogP contribution is 2.44. The summed E-state index contributed by atoms with van der Waals surface area (Å²) in [5.74, 6) is 0. The Bertz CT molecular complexity index is 615. The molecule has 1 spiro atoms. The van der Waals surface area contributed by atoms with Gasteiger partial charge in [0.25, 0.3) is 0 Å². The molecule has 19 heavy (non-hydrogen) atoms. The van der Waals surface area contributed by atoms with Crippen LogP contribution in [0.4, 0.5) is 0 Å². The topological polar surface area (TPSA) is 22.3 Å². The van der Waals surface area contributed by atoms with Gasteiger partial charge in [0, 0.05) is 11.2 Å². The molecule has 4 rings (SSSR count). The fourth-order valence-corrected chi connectivity index (χ4v) is 5.07. The van der Waals surface area contributed by atoms with Gasteiger partial charge in [0.05, 0.1) is 10.3 Å². The summed E-state index contributed by atoms with van der Waals surface area (Å²) in [5, 5.41) is 5.48. The number of hydrogen-bond acceptors (Lipinski definition) is 4. The van der Waals surface area contributed by atoms with E-state index in [9.17, 15) is 0 Å². The number of hydrogen-bond donors (Lipinski definition) is 0. The van der Waals surface area contributed by atoms with Crippen LogP contribution in [-0.2, 0) is 9.31 Å². The van der Waals surface area contributed by atoms with Crippen molar-refractivity contribution in [3.05, 3.63) is 23.0 Å². The average Bonchev–Trinajstić information content (AvgIpc) is 2.99. The summed E-state index contributed by atoms with van der Waals surface area (Å²) in [5.41, 5.74) is 0.571. The molecule has 0 atom stereocenters. The number of aromatic nitrogens is 1. The Morgan fingerprint density at radius 2 is 1.74 bits per heavy atom. The minimum Gasteiger partial charge on any atom is -0.495 e. The van der Waals surface area contributed by atoms with Gasteiger partial charge < -0.3 is 13.8 Å². The van der Waals surface area contributed by atoms with E-state index in [0.29, 0.717) is 0 Å². The molecule has 2 aliphatic rings. The molecule has 0 aromatic carbocycles. The van der Waals surface area contributed by atoms with Crippen molar-refractivity contribution >= 4 is 34.8 Å². The summed E-state index contributed by atoms with van der Waals surface area (Å²) < 4.78 is 15.2. The van der Waals surface area contributed by atoms with Crippen molar-refractivity contribution in [3.63, 3.8) is 0 Å². The van der Waals surface area contributed by atoms with Crippen LogP contribution in [-0.4, -0.2) is 17.9 Å². The molecule has 0 bridgehead atoms. The molecule has 1 fully saturated rings. The zero-order valence-electron chi connectivity index (χ0n) is 11.5. The molecular formula is C13H16BNO2S2. The Balaban J connectivity index is 1.99. The van der Waals surface area contributed by atoms with Crippen LogP contribution >= 0.6 is 22.7 Å². The Kier molecular flexibility index (Phi) is 2.11. The number of fused-ring (bicyclic) bond motifs is 5. The molecule has 2 aromatic rings. The van der Waals surface area contributed by atoms with Gasteiger partial charge in [-0.05, 0) is 38.5 Å². The van der Waals surface area contributed by atoms with Gasteiger partial charge >= 0.3 is 6.69 Å².